The molecular weight excluding hydrogens is 466 g/mol. The molecule has 0 spiro atoms. The zero-order valence-electron chi connectivity index (χ0n) is 23.1. The largest absolute Gasteiger partial charge is 0.496 e. The average molecular weight is 508 g/mol. The predicted molar refractivity (Wildman–Crippen MR) is 148 cm³/mol. The van der Waals surface area contributed by atoms with Crippen molar-refractivity contribution in [3.8, 4) is 17.0 Å². The number of benzene rings is 2. The molecule has 37 heavy (non-hydrogen) atoms. The number of para-hydroxylation sites is 1. The molecule has 200 valence electrons. The molecular formula is C30H41N3O4. The smallest absolute Gasteiger partial charge is 0.128 e. The Morgan fingerprint density at radius 3 is 2.16 bits per heavy atom. The van der Waals surface area contributed by atoms with Crippen LogP contribution in [-0.4, -0.2) is 68.6 Å². The van der Waals surface area contributed by atoms with Crippen molar-refractivity contribution >= 4 is 5.69 Å². The number of ether oxygens (including phenoxy) is 3. The lowest BCUT2D eigenvalue weighted by Gasteiger charge is -2.50. The molecule has 3 aromatic rings. The van der Waals surface area contributed by atoms with Gasteiger partial charge in [0.25, 0.3) is 0 Å². The average Bonchev–Trinajstić information content (AvgIpc) is 3.32. The third kappa shape index (κ3) is 5.26. The second-order valence-corrected chi connectivity index (χ2v) is 10.8. The molecule has 1 aliphatic rings. The Morgan fingerprint density at radius 1 is 0.946 bits per heavy atom. The molecule has 7 heteroatoms. The maximum Gasteiger partial charge on any atom is 0.128 e. The molecule has 2 atom stereocenters. The summed E-state index contributed by atoms with van der Waals surface area (Å²) in [6.07, 6.45) is 2.78. The van der Waals surface area contributed by atoms with Crippen molar-refractivity contribution in [1.82, 2.24) is 9.78 Å². The topological polar surface area (TPSA) is 69.0 Å². The first-order valence-corrected chi connectivity index (χ1v) is 13.0. The van der Waals surface area contributed by atoms with Gasteiger partial charge >= 0.3 is 0 Å². The number of rotatable bonds is 10. The van der Waals surface area contributed by atoms with E-state index in [2.05, 4.69) is 62.2 Å². The first-order valence-electron chi connectivity index (χ1n) is 13.0. The van der Waals surface area contributed by atoms with E-state index in [0.717, 1.165) is 41.2 Å². The Balaban J connectivity index is 1.71. The van der Waals surface area contributed by atoms with E-state index in [1.54, 1.807) is 21.3 Å². The van der Waals surface area contributed by atoms with E-state index >= 15 is 0 Å². The fourth-order valence-corrected chi connectivity index (χ4v) is 5.41. The van der Waals surface area contributed by atoms with Crippen molar-refractivity contribution in [2.24, 2.45) is 0 Å². The van der Waals surface area contributed by atoms with Crippen LogP contribution in [0, 0.1) is 0 Å². The highest BCUT2D eigenvalue weighted by Crippen LogP contribution is 2.53. The summed E-state index contributed by atoms with van der Waals surface area (Å²) in [6.45, 7) is 7.46. The quantitative estimate of drug-likeness (QED) is 0.415. The van der Waals surface area contributed by atoms with Crippen LogP contribution in [0.2, 0.25) is 0 Å². The van der Waals surface area contributed by atoms with Gasteiger partial charge in [-0.1, -0.05) is 24.3 Å². The van der Waals surface area contributed by atoms with Crippen LogP contribution in [0.25, 0.3) is 11.3 Å². The van der Waals surface area contributed by atoms with Gasteiger partial charge in [-0.05, 0) is 57.0 Å². The molecule has 1 aromatic heterocycles. The number of aliphatic hydroxyl groups excluding tert-OH is 1. The monoisotopic (exact) mass is 507 g/mol. The second kappa shape index (κ2) is 11.3. The van der Waals surface area contributed by atoms with Crippen LogP contribution in [0.4, 0.5) is 5.69 Å². The molecule has 1 aliphatic carbocycles. The Kier molecular flexibility index (Phi) is 8.26. The van der Waals surface area contributed by atoms with Gasteiger partial charge in [0, 0.05) is 69.3 Å². The van der Waals surface area contributed by atoms with E-state index in [9.17, 15) is 0 Å². The number of anilines is 1. The summed E-state index contributed by atoms with van der Waals surface area (Å²) < 4.78 is 20.0. The number of nitrogens with zero attached hydrogens (tertiary/aromatic N) is 3. The molecule has 0 radical (unpaired) electrons. The van der Waals surface area contributed by atoms with Gasteiger partial charge in [-0.2, -0.15) is 5.10 Å². The summed E-state index contributed by atoms with van der Waals surface area (Å²) >= 11 is 0. The Bertz CT molecular complexity index is 1160. The summed E-state index contributed by atoms with van der Waals surface area (Å²) in [5, 5.41) is 14.2. The third-order valence-corrected chi connectivity index (χ3v) is 7.48. The Labute approximate surface area is 221 Å². The van der Waals surface area contributed by atoms with E-state index in [1.165, 1.54) is 5.56 Å². The molecule has 1 N–H and O–H groups in total. The van der Waals surface area contributed by atoms with Crippen molar-refractivity contribution in [3.63, 3.8) is 0 Å². The zero-order valence-corrected chi connectivity index (χ0v) is 23.1. The van der Waals surface area contributed by atoms with Gasteiger partial charge in [0.1, 0.15) is 5.75 Å². The predicted octanol–water partition coefficient (Wildman–Crippen LogP) is 5.04. The fraction of sp³-hybridized carbons (Fsp3) is 0.500. The van der Waals surface area contributed by atoms with Crippen LogP contribution in [0.1, 0.15) is 50.2 Å². The van der Waals surface area contributed by atoms with E-state index in [1.807, 2.05) is 29.9 Å². The van der Waals surface area contributed by atoms with Gasteiger partial charge in [0.15, 0.2) is 0 Å². The number of methoxy groups -OCH3 is 3. The fourth-order valence-electron chi connectivity index (χ4n) is 5.41. The molecule has 0 bridgehead atoms. The maximum atomic E-state index is 9.15. The highest BCUT2D eigenvalue weighted by molar-refractivity contribution is 5.71. The van der Waals surface area contributed by atoms with E-state index < -0.39 is 0 Å². The molecule has 1 saturated carbocycles. The van der Waals surface area contributed by atoms with Gasteiger partial charge in [-0.25, -0.2) is 0 Å². The van der Waals surface area contributed by atoms with Crippen molar-refractivity contribution in [1.29, 1.82) is 0 Å². The first-order chi connectivity index (χ1) is 17.7. The zero-order chi connectivity index (χ0) is 26.7. The van der Waals surface area contributed by atoms with E-state index in [-0.39, 0.29) is 36.2 Å². The minimum atomic E-state index is -0.179. The number of aromatic nitrogens is 2. The van der Waals surface area contributed by atoms with Crippen LogP contribution in [-0.2, 0) is 15.0 Å². The summed E-state index contributed by atoms with van der Waals surface area (Å²) in [7, 11) is 7.31. The first kappa shape index (κ1) is 27.2. The number of hydrogen-bond acceptors (Lipinski definition) is 6. The Morgan fingerprint density at radius 2 is 1.59 bits per heavy atom. The van der Waals surface area contributed by atoms with Gasteiger partial charge in [-0.3, -0.25) is 4.68 Å². The van der Waals surface area contributed by atoms with Gasteiger partial charge in [0.2, 0.25) is 0 Å². The summed E-state index contributed by atoms with van der Waals surface area (Å²) in [4.78, 5) is 2.16. The minimum absolute atomic E-state index is 0.0166. The summed E-state index contributed by atoms with van der Waals surface area (Å²) in [5.41, 5.74) is 5.11. The molecule has 2 aromatic carbocycles. The maximum absolute atomic E-state index is 9.15. The molecule has 4 rings (SSSR count). The molecule has 0 amide bonds. The van der Waals surface area contributed by atoms with Crippen molar-refractivity contribution in [2.75, 3.05) is 46.4 Å². The third-order valence-electron chi connectivity index (χ3n) is 7.48. The number of aliphatic hydroxyl groups is 1. The van der Waals surface area contributed by atoms with Crippen molar-refractivity contribution in [3.05, 3.63) is 65.9 Å². The SMILES string of the molecule is COc1ccccc1-c1nn(C(C)(C)C)cc1C1C(OC)C(c2ccc(N(C)CCCO)cc2)C1OC. The lowest BCUT2D eigenvalue weighted by Crippen LogP contribution is -2.53. The van der Waals surface area contributed by atoms with Crippen molar-refractivity contribution < 1.29 is 19.3 Å². The lowest BCUT2D eigenvalue weighted by molar-refractivity contribution is -0.115. The molecule has 0 saturated heterocycles. The van der Waals surface area contributed by atoms with Crippen LogP contribution in [0.15, 0.2) is 54.7 Å². The standard InChI is InChI=1S/C30H41N3O4/c1-30(2,3)33-19-23(27(31-33)22-11-8-9-12-24(22)35-5)26-28(36-6)25(29(26)37-7)20-13-15-21(16-14-20)32(4)17-10-18-34/h8-9,11-16,19,25-26,28-29,34H,10,17-18H2,1-7H3. The van der Waals surface area contributed by atoms with E-state index in [4.69, 9.17) is 24.4 Å². The highest BCUT2D eigenvalue weighted by atomic mass is 16.5. The number of hydrogen-bond donors (Lipinski definition) is 1. The van der Waals surface area contributed by atoms with Crippen LogP contribution < -0.4 is 9.64 Å². The highest BCUT2D eigenvalue weighted by Gasteiger charge is 2.54. The van der Waals surface area contributed by atoms with Crippen LogP contribution >= 0.6 is 0 Å². The lowest BCUT2D eigenvalue weighted by atomic mass is 9.62. The normalized spacial score (nSPS) is 21.5. The molecule has 0 aliphatic heterocycles. The summed E-state index contributed by atoms with van der Waals surface area (Å²) in [6, 6.07) is 16.6. The van der Waals surface area contributed by atoms with Crippen LogP contribution in [0.3, 0.4) is 0 Å². The van der Waals surface area contributed by atoms with Gasteiger partial charge < -0.3 is 24.2 Å². The molecule has 1 heterocycles. The minimum Gasteiger partial charge on any atom is -0.496 e. The van der Waals surface area contributed by atoms with E-state index in [0.29, 0.717) is 0 Å². The molecule has 7 nitrogen and oxygen atoms in total. The summed E-state index contributed by atoms with van der Waals surface area (Å²) in [5.74, 6) is 0.908. The van der Waals surface area contributed by atoms with Crippen molar-refractivity contribution in [2.45, 2.75) is 56.8 Å². The van der Waals surface area contributed by atoms with Gasteiger partial charge in [-0.15, -0.1) is 0 Å². The van der Waals surface area contributed by atoms with Gasteiger partial charge in [0.05, 0.1) is 30.6 Å². The molecule has 1 fully saturated rings. The molecule has 2 unspecified atom stereocenters. The Hall–Kier alpha value is -2.87. The second-order valence-electron chi connectivity index (χ2n) is 10.8. The van der Waals surface area contributed by atoms with Crippen LogP contribution in [0.5, 0.6) is 5.75 Å².